The average Bonchev–Trinajstić information content (AvgIpc) is 2.02. The summed E-state index contributed by atoms with van der Waals surface area (Å²) in [6.07, 6.45) is 0. The average molecular weight is 198 g/mol. The number of nitro groups is 1. The maximum absolute atomic E-state index is 13.3. The summed E-state index contributed by atoms with van der Waals surface area (Å²) in [5.41, 5.74) is 6.11. The molecule has 0 heterocycles. The van der Waals surface area contributed by atoms with Gasteiger partial charge in [-0.2, -0.15) is 0 Å². The maximum Gasteiger partial charge on any atom is 0.275 e. The Hall–Kier alpha value is -1.49. The molecule has 5 heteroatoms. The van der Waals surface area contributed by atoms with Crippen molar-refractivity contribution in [3.8, 4) is 0 Å². The van der Waals surface area contributed by atoms with E-state index >= 15 is 0 Å². The van der Waals surface area contributed by atoms with Crippen molar-refractivity contribution in [3.05, 3.63) is 38.7 Å². The van der Waals surface area contributed by atoms with E-state index < -0.39 is 10.7 Å². The molecule has 76 valence electrons. The summed E-state index contributed by atoms with van der Waals surface area (Å²) in [7, 11) is 0. The predicted molar refractivity (Wildman–Crippen MR) is 50.4 cm³/mol. The molecule has 0 unspecified atom stereocenters. The minimum atomic E-state index is -0.511. The van der Waals surface area contributed by atoms with E-state index in [1.54, 1.807) is 0 Å². The molecule has 0 aliphatic heterocycles. The number of benzene rings is 1. The van der Waals surface area contributed by atoms with Crippen molar-refractivity contribution in [2.24, 2.45) is 5.73 Å². The second kappa shape index (κ2) is 3.71. The van der Waals surface area contributed by atoms with Crippen LogP contribution in [0.4, 0.5) is 10.1 Å². The van der Waals surface area contributed by atoms with Crippen molar-refractivity contribution >= 4 is 5.69 Å². The zero-order valence-electron chi connectivity index (χ0n) is 8.00. The zero-order valence-corrected chi connectivity index (χ0v) is 8.00. The molecule has 0 spiro atoms. The Labute approximate surface area is 80.7 Å². The molecule has 2 N–H and O–H groups in total. The van der Waals surface area contributed by atoms with Gasteiger partial charge in [0.15, 0.2) is 0 Å². The minimum absolute atomic E-state index is 0.0290. The first-order chi connectivity index (χ1) is 6.49. The molecule has 1 aromatic carbocycles. The molecule has 0 atom stereocenters. The van der Waals surface area contributed by atoms with E-state index in [0.29, 0.717) is 11.1 Å². The number of halogens is 1. The summed E-state index contributed by atoms with van der Waals surface area (Å²) >= 11 is 0. The molecule has 0 aliphatic carbocycles. The fraction of sp³-hybridized carbons (Fsp3) is 0.333. The third kappa shape index (κ3) is 1.58. The second-order valence-electron chi connectivity index (χ2n) is 3.09. The molecule has 1 aromatic rings. The fourth-order valence-corrected chi connectivity index (χ4v) is 1.49. The first-order valence-corrected chi connectivity index (χ1v) is 4.12. The normalized spacial score (nSPS) is 10.3. The number of hydrogen-bond acceptors (Lipinski definition) is 3. The van der Waals surface area contributed by atoms with Crippen LogP contribution in [0.5, 0.6) is 0 Å². The highest BCUT2D eigenvalue weighted by molar-refractivity contribution is 5.51. The summed E-state index contributed by atoms with van der Waals surface area (Å²) < 4.78 is 13.3. The van der Waals surface area contributed by atoms with E-state index in [1.165, 1.54) is 13.8 Å². The molecule has 0 radical (unpaired) electrons. The van der Waals surface area contributed by atoms with Crippen LogP contribution in [0.1, 0.15) is 16.7 Å². The number of rotatable bonds is 2. The quantitative estimate of drug-likeness (QED) is 0.582. The van der Waals surface area contributed by atoms with E-state index in [2.05, 4.69) is 0 Å². The van der Waals surface area contributed by atoms with E-state index in [0.717, 1.165) is 6.07 Å². The van der Waals surface area contributed by atoms with Crippen molar-refractivity contribution in [3.63, 3.8) is 0 Å². The van der Waals surface area contributed by atoms with Crippen LogP contribution in [0.2, 0.25) is 0 Å². The highest BCUT2D eigenvalue weighted by Crippen LogP contribution is 2.27. The molecule has 0 saturated heterocycles. The van der Waals surface area contributed by atoms with Gasteiger partial charge in [0.25, 0.3) is 5.69 Å². The minimum Gasteiger partial charge on any atom is -0.326 e. The topological polar surface area (TPSA) is 69.2 Å². The summed E-state index contributed by atoms with van der Waals surface area (Å²) in [6.45, 7) is 2.99. The van der Waals surface area contributed by atoms with Gasteiger partial charge in [0.05, 0.1) is 4.92 Å². The molecule has 4 nitrogen and oxygen atoms in total. The fourth-order valence-electron chi connectivity index (χ4n) is 1.49. The summed E-state index contributed by atoms with van der Waals surface area (Å²) in [4.78, 5) is 10.2. The largest absolute Gasteiger partial charge is 0.326 e. The van der Waals surface area contributed by atoms with Gasteiger partial charge in [-0.1, -0.05) is 0 Å². The van der Waals surface area contributed by atoms with Gasteiger partial charge in [0, 0.05) is 23.2 Å². The van der Waals surface area contributed by atoms with Gasteiger partial charge in [-0.25, -0.2) is 4.39 Å². The van der Waals surface area contributed by atoms with Crippen molar-refractivity contribution in [1.82, 2.24) is 0 Å². The third-order valence-corrected chi connectivity index (χ3v) is 2.20. The van der Waals surface area contributed by atoms with E-state index in [9.17, 15) is 14.5 Å². The van der Waals surface area contributed by atoms with Gasteiger partial charge in [0.2, 0.25) is 0 Å². The van der Waals surface area contributed by atoms with Crippen LogP contribution >= 0.6 is 0 Å². The van der Waals surface area contributed by atoms with Crippen LogP contribution in [0.3, 0.4) is 0 Å². The van der Waals surface area contributed by atoms with Gasteiger partial charge < -0.3 is 5.73 Å². The van der Waals surface area contributed by atoms with Crippen molar-refractivity contribution in [2.75, 3.05) is 0 Å². The summed E-state index contributed by atoms with van der Waals surface area (Å²) in [6, 6.07) is 1.15. The summed E-state index contributed by atoms with van der Waals surface area (Å²) in [5.74, 6) is -0.479. The molecule has 14 heavy (non-hydrogen) atoms. The van der Waals surface area contributed by atoms with Crippen LogP contribution in [-0.4, -0.2) is 4.92 Å². The Kier molecular flexibility index (Phi) is 2.81. The Bertz CT molecular complexity index is 391. The molecular formula is C9H11FN2O2. The van der Waals surface area contributed by atoms with Crippen molar-refractivity contribution < 1.29 is 9.31 Å². The van der Waals surface area contributed by atoms with Crippen LogP contribution in [0.25, 0.3) is 0 Å². The van der Waals surface area contributed by atoms with Gasteiger partial charge in [-0.3, -0.25) is 10.1 Å². The Morgan fingerprint density at radius 2 is 2.14 bits per heavy atom. The van der Waals surface area contributed by atoms with Crippen molar-refractivity contribution in [2.45, 2.75) is 20.4 Å². The first kappa shape index (κ1) is 10.6. The predicted octanol–water partition coefficient (Wildman–Crippen LogP) is 1.81. The maximum atomic E-state index is 13.3. The zero-order chi connectivity index (χ0) is 10.9. The Morgan fingerprint density at radius 3 is 2.57 bits per heavy atom. The lowest BCUT2D eigenvalue weighted by molar-refractivity contribution is -0.386. The van der Waals surface area contributed by atoms with Crippen LogP contribution < -0.4 is 5.73 Å². The number of hydrogen-bond donors (Lipinski definition) is 1. The van der Waals surface area contributed by atoms with E-state index in [-0.39, 0.29) is 17.8 Å². The molecule has 0 fully saturated rings. The number of aryl methyl sites for hydroxylation is 1. The molecule has 0 saturated carbocycles. The molecule has 0 aromatic heterocycles. The monoisotopic (exact) mass is 198 g/mol. The lowest BCUT2D eigenvalue weighted by atomic mass is 10.0. The Balaban J connectivity index is 3.52. The standard InChI is InChI=1S/C9H11FN2O2/c1-5-3-8(10)7(4-11)6(2)9(5)12(13)14/h3H,4,11H2,1-2H3. The summed E-state index contributed by atoms with van der Waals surface area (Å²) in [5, 5.41) is 10.7. The second-order valence-corrected chi connectivity index (χ2v) is 3.09. The molecule has 0 bridgehead atoms. The number of nitrogens with two attached hydrogens (primary N) is 1. The van der Waals surface area contributed by atoms with Crippen LogP contribution in [0, 0.1) is 29.8 Å². The van der Waals surface area contributed by atoms with Gasteiger partial charge in [-0.15, -0.1) is 0 Å². The van der Waals surface area contributed by atoms with Crippen LogP contribution in [0.15, 0.2) is 6.07 Å². The molecular weight excluding hydrogens is 187 g/mol. The van der Waals surface area contributed by atoms with Gasteiger partial charge in [0.1, 0.15) is 5.82 Å². The Morgan fingerprint density at radius 1 is 1.57 bits per heavy atom. The van der Waals surface area contributed by atoms with Crippen LogP contribution in [-0.2, 0) is 6.54 Å². The smallest absolute Gasteiger partial charge is 0.275 e. The lowest BCUT2D eigenvalue weighted by Gasteiger charge is -2.07. The van der Waals surface area contributed by atoms with E-state index in [4.69, 9.17) is 5.73 Å². The van der Waals surface area contributed by atoms with Gasteiger partial charge >= 0.3 is 0 Å². The van der Waals surface area contributed by atoms with E-state index in [1.807, 2.05) is 0 Å². The number of nitrogens with zero attached hydrogens (tertiary/aromatic N) is 1. The molecule has 0 aliphatic rings. The highest BCUT2D eigenvalue weighted by Gasteiger charge is 2.20. The number of nitro benzene ring substituents is 1. The van der Waals surface area contributed by atoms with Crippen molar-refractivity contribution in [1.29, 1.82) is 0 Å². The third-order valence-electron chi connectivity index (χ3n) is 2.20. The highest BCUT2D eigenvalue weighted by atomic mass is 19.1. The molecule has 1 rings (SSSR count). The lowest BCUT2D eigenvalue weighted by Crippen LogP contribution is -2.06. The SMILES string of the molecule is Cc1cc(F)c(CN)c(C)c1[N+](=O)[O-]. The van der Waals surface area contributed by atoms with Gasteiger partial charge in [-0.05, 0) is 19.9 Å². The first-order valence-electron chi connectivity index (χ1n) is 4.12. The molecule has 0 amide bonds.